The van der Waals surface area contributed by atoms with Crippen LogP contribution < -0.4 is 0 Å². The first-order valence-corrected chi connectivity index (χ1v) is 12.6. The van der Waals surface area contributed by atoms with Crippen LogP contribution in [0.4, 0.5) is 5.69 Å². The zero-order valence-corrected chi connectivity index (χ0v) is 19.9. The summed E-state index contributed by atoms with van der Waals surface area (Å²) in [5.41, 5.74) is 1.59. The van der Waals surface area contributed by atoms with Crippen molar-refractivity contribution in [3.8, 4) is 0 Å². The number of amides is 1. The van der Waals surface area contributed by atoms with Gasteiger partial charge in [-0.25, -0.2) is 5.01 Å². The van der Waals surface area contributed by atoms with E-state index in [9.17, 15) is 14.9 Å². The highest BCUT2D eigenvalue weighted by Crippen LogP contribution is 2.47. The molecule has 1 aliphatic carbocycles. The van der Waals surface area contributed by atoms with Gasteiger partial charge in [0, 0.05) is 22.2 Å². The molecular weight excluding hydrogens is 458 g/mol. The monoisotopic (exact) mass is 481 g/mol. The van der Waals surface area contributed by atoms with E-state index >= 15 is 0 Å². The number of aromatic nitrogens is 2. The van der Waals surface area contributed by atoms with Gasteiger partial charge in [0.1, 0.15) is 6.20 Å². The number of thiophene rings is 2. The van der Waals surface area contributed by atoms with Crippen molar-refractivity contribution >= 4 is 46.1 Å². The second-order valence-corrected chi connectivity index (χ2v) is 10.4. The highest BCUT2D eigenvalue weighted by molar-refractivity contribution is 7.11. The molecule has 3 atom stereocenters. The number of nitrogens with zero attached hydrogens (tertiary/aromatic N) is 5. The fourth-order valence-electron chi connectivity index (χ4n) is 4.71. The first-order chi connectivity index (χ1) is 16.0. The number of fused-ring (bicyclic) bond motifs is 1. The van der Waals surface area contributed by atoms with E-state index in [4.69, 9.17) is 5.10 Å². The lowest BCUT2D eigenvalue weighted by molar-refractivity contribution is -0.385. The lowest BCUT2D eigenvalue weighted by atomic mass is 9.74. The van der Waals surface area contributed by atoms with Crippen molar-refractivity contribution in [1.29, 1.82) is 0 Å². The summed E-state index contributed by atoms with van der Waals surface area (Å²) >= 11 is 3.24. The smallest absolute Gasteiger partial charge is 0.265 e. The van der Waals surface area contributed by atoms with Gasteiger partial charge in [0.2, 0.25) is 5.69 Å². The lowest BCUT2D eigenvalue weighted by Gasteiger charge is -2.31. The minimum absolute atomic E-state index is 0.0369. The second-order valence-electron chi connectivity index (χ2n) is 8.41. The quantitative estimate of drug-likeness (QED) is 0.349. The summed E-state index contributed by atoms with van der Waals surface area (Å²) in [7, 11) is 0. The predicted octanol–water partition coefficient (Wildman–Crippen LogP) is 5.62. The normalized spacial score (nSPS) is 23.6. The summed E-state index contributed by atoms with van der Waals surface area (Å²) in [5, 5.41) is 26.2. The van der Waals surface area contributed by atoms with E-state index < -0.39 is 10.8 Å². The fourth-order valence-corrected chi connectivity index (χ4v) is 6.26. The SMILES string of the molecule is CCn1cc([N+](=O)[O-])c(C(=O)N2N=C3/C(=C/c4cccs4)C[C@@H](C)C[C@H]3[C@@H]2c2cccs2)n1. The van der Waals surface area contributed by atoms with Gasteiger partial charge in [-0.05, 0) is 60.2 Å². The van der Waals surface area contributed by atoms with Gasteiger partial charge in [0.15, 0.2) is 0 Å². The third kappa shape index (κ3) is 3.93. The standard InChI is InChI=1S/C23H23N5O3S2/c1-3-26-13-18(28(30)31)21(24-26)23(29)27-22(19-7-5-9-33-19)17-11-14(2)10-15(20(17)25-27)12-16-6-4-8-32-16/h4-9,12-14,17,22H,3,10-11H2,1-2H3/b15-12+/t14-,17-,22-/m1/s1. The van der Waals surface area contributed by atoms with Crippen molar-refractivity contribution in [2.75, 3.05) is 0 Å². The number of hydrogen-bond acceptors (Lipinski definition) is 7. The molecule has 0 bridgehead atoms. The van der Waals surface area contributed by atoms with Crippen molar-refractivity contribution in [1.82, 2.24) is 14.8 Å². The van der Waals surface area contributed by atoms with E-state index in [1.54, 1.807) is 22.7 Å². The molecule has 3 aromatic rings. The molecule has 0 radical (unpaired) electrons. The van der Waals surface area contributed by atoms with Crippen molar-refractivity contribution in [2.24, 2.45) is 16.9 Å². The number of carbonyl (C=O) groups is 1. The van der Waals surface area contributed by atoms with Crippen molar-refractivity contribution < 1.29 is 9.72 Å². The molecule has 8 nitrogen and oxygen atoms in total. The molecule has 4 heterocycles. The van der Waals surface area contributed by atoms with E-state index in [0.29, 0.717) is 12.5 Å². The summed E-state index contributed by atoms with van der Waals surface area (Å²) in [6, 6.07) is 7.76. The molecule has 5 rings (SSSR count). The van der Waals surface area contributed by atoms with Crippen LogP contribution in [0.15, 0.2) is 51.9 Å². The van der Waals surface area contributed by atoms with Crippen molar-refractivity contribution in [3.63, 3.8) is 0 Å². The van der Waals surface area contributed by atoms with E-state index in [1.807, 2.05) is 35.9 Å². The number of hydrogen-bond donors (Lipinski definition) is 0. The first kappa shape index (κ1) is 21.7. The summed E-state index contributed by atoms with van der Waals surface area (Å²) < 4.78 is 1.42. The fraction of sp³-hybridized carbons (Fsp3) is 0.348. The van der Waals surface area contributed by atoms with Crippen LogP contribution in [-0.4, -0.2) is 31.3 Å². The number of allylic oxidation sites excluding steroid dienone is 1. The van der Waals surface area contributed by atoms with Crippen LogP contribution in [0.2, 0.25) is 0 Å². The molecule has 0 unspecified atom stereocenters. The van der Waals surface area contributed by atoms with Crippen LogP contribution in [0.5, 0.6) is 0 Å². The summed E-state index contributed by atoms with van der Waals surface area (Å²) in [6.45, 7) is 4.49. The molecule has 1 saturated carbocycles. The largest absolute Gasteiger partial charge is 0.320 e. The van der Waals surface area contributed by atoms with E-state index in [0.717, 1.165) is 33.9 Å². The summed E-state index contributed by atoms with van der Waals surface area (Å²) in [4.78, 5) is 26.9. The zero-order chi connectivity index (χ0) is 23.1. The Morgan fingerprint density at radius 2 is 2.09 bits per heavy atom. The van der Waals surface area contributed by atoms with Gasteiger partial charge in [0.25, 0.3) is 0 Å². The van der Waals surface area contributed by atoms with Gasteiger partial charge < -0.3 is 0 Å². The number of nitro groups is 1. The molecule has 1 fully saturated rings. The van der Waals surface area contributed by atoms with Crippen LogP contribution in [0.1, 0.15) is 53.0 Å². The zero-order valence-electron chi connectivity index (χ0n) is 18.2. The average molecular weight is 482 g/mol. The molecule has 0 aromatic carbocycles. The maximum atomic E-state index is 13.7. The third-order valence-electron chi connectivity index (χ3n) is 6.13. The number of rotatable bonds is 5. The Balaban J connectivity index is 1.61. The lowest BCUT2D eigenvalue weighted by Crippen LogP contribution is -2.33. The summed E-state index contributed by atoms with van der Waals surface area (Å²) in [6.07, 6.45) is 5.27. The number of carbonyl (C=O) groups excluding carboxylic acids is 1. The van der Waals surface area contributed by atoms with E-state index in [1.165, 1.54) is 15.9 Å². The highest BCUT2D eigenvalue weighted by atomic mass is 32.1. The molecule has 10 heteroatoms. The molecule has 1 amide bonds. The Labute approximate surface area is 199 Å². The Hall–Kier alpha value is -3.11. The first-order valence-electron chi connectivity index (χ1n) is 10.9. The molecule has 0 saturated heterocycles. The Bertz CT molecular complexity index is 1240. The van der Waals surface area contributed by atoms with Crippen LogP contribution in [0.3, 0.4) is 0 Å². The third-order valence-corrected chi connectivity index (χ3v) is 7.90. The topological polar surface area (TPSA) is 93.6 Å². The highest BCUT2D eigenvalue weighted by Gasteiger charge is 2.47. The van der Waals surface area contributed by atoms with Gasteiger partial charge >= 0.3 is 11.6 Å². The van der Waals surface area contributed by atoms with Gasteiger partial charge in [-0.15, -0.1) is 22.7 Å². The second kappa shape index (κ2) is 8.68. The molecule has 0 N–H and O–H groups in total. The van der Waals surface area contributed by atoms with Gasteiger partial charge in [0.05, 0.1) is 16.7 Å². The molecule has 170 valence electrons. The Morgan fingerprint density at radius 1 is 1.30 bits per heavy atom. The number of hydrazone groups is 1. The predicted molar refractivity (Wildman–Crippen MR) is 129 cm³/mol. The molecular formula is C23H23N5O3S2. The molecule has 3 aromatic heterocycles. The summed E-state index contributed by atoms with van der Waals surface area (Å²) in [5.74, 6) is -0.0569. The Kier molecular flexibility index (Phi) is 5.71. The van der Waals surface area contributed by atoms with Crippen LogP contribution in [0, 0.1) is 22.0 Å². The van der Waals surface area contributed by atoms with Crippen molar-refractivity contribution in [3.05, 3.63) is 72.4 Å². The molecule has 33 heavy (non-hydrogen) atoms. The van der Waals surface area contributed by atoms with Crippen LogP contribution in [-0.2, 0) is 6.54 Å². The van der Waals surface area contributed by atoms with Crippen LogP contribution >= 0.6 is 22.7 Å². The van der Waals surface area contributed by atoms with Gasteiger partial charge in [-0.1, -0.05) is 19.1 Å². The average Bonchev–Trinajstić information content (AvgIpc) is 3.58. The Morgan fingerprint density at radius 3 is 2.76 bits per heavy atom. The van der Waals surface area contributed by atoms with Gasteiger partial charge in [-0.3, -0.25) is 19.6 Å². The van der Waals surface area contributed by atoms with E-state index in [-0.39, 0.29) is 23.3 Å². The van der Waals surface area contributed by atoms with Crippen LogP contribution in [0.25, 0.3) is 6.08 Å². The maximum absolute atomic E-state index is 13.7. The maximum Gasteiger partial charge on any atom is 0.320 e. The number of aryl methyl sites for hydroxylation is 1. The minimum atomic E-state index is -0.549. The van der Waals surface area contributed by atoms with E-state index in [2.05, 4.69) is 24.2 Å². The minimum Gasteiger partial charge on any atom is -0.265 e. The molecule has 0 spiro atoms. The van der Waals surface area contributed by atoms with Crippen molar-refractivity contribution in [2.45, 2.75) is 39.3 Å². The molecule has 1 aliphatic heterocycles. The molecule has 2 aliphatic rings. The van der Waals surface area contributed by atoms with Gasteiger partial charge in [-0.2, -0.15) is 10.2 Å².